The van der Waals surface area contributed by atoms with Gasteiger partial charge in [0, 0.05) is 18.1 Å². The molecule has 0 amide bonds. The van der Waals surface area contributed by atoms with Crippen LogP contribution in [0.3, 0.4) is 0 Å². The Kier molecular flexibility index (Phi) is 5.12. The summed E-state index contributed by atoms with van der Waals surface area (Å²) in [5, 5.41) is 12.7. The van der Waals surface area contributed by atoms with Crippen molar-refractivity contribution >= 4 is 5.88 Å². The Bertz CT molecular complexity index is 927. The van der Waals surface area contributed by atoms with Gasteiger partial charge in [0.2, 0.25) is 5.88 Å². The number of aromatic nitrogens is 1. The summed E-state index contributed by atoms with van der Waals surface area (Å²) in [6.45, 7) is 2.04. The van der Waals surface area contributed by atoms with E-state index in [1.54, 1.807) is 33.5 Å². The molecule has 3 N–H and O–H groups in total. The normalized spacial score (nSPS) is 15.6. The van der Waals surface area contributed by atoms with Crippen LogP contribution in [0.1, 0.15) is 36.4 Å². The number of rotatable bonds is 6. The Morgan fingerprint density at radius 1 is 1.19 bits per heavy atom. The van der Waals surface area contributed by atoms with Gasteiger partial charge in [-0.15, -0.1) is 0 Å². The highest BCUT2D eigenvalue weighted by Gasteiger charge is 2.36. The van der Waals surface area contributed by atoms with Gasteiger partial charge in [0.25, 0.3) is 0 Å². The van der Waals surface area contributed by atoms with Crippen LogP contribution in [0.4, 0.5) is 5.88 Å². The van der Waals surface area contributed by atoms with Crippen molar-refractivity contribution < 1.29 is 18.6 Å². The van der Waals surface area contributed by atoms with E-state index in [-0.39, 0.29) is 5.82 Å². The number of fused-ring (bicyclic) bond motifs is 1. The van der Waals surface area contributed by atoms with Gasteiger partial charge in [-0.05, 0) is 12.5 Å². The molecule has 0 saturated carbocycles. The lowest BCUT2D eigenvalue weighted by molar-refractivity contribution is 0.347. The van der Waals surface area contributed by atoms with E-state index in [9.17, 15) is 5.26 Å². The zero-order valence-corrected chi connectivity index (χ0v) is 15.8. The summed E-state index contributed by atoms with van der Waals surface area (Å²) in [7, 11) is 4.65. The molecule has 0 aliphatic carbocycles. The predicted octanol–water partition coefficient (Wildman–Crippen LogP) is 2.90. The van der Waals surface area contributed by atoms with E-state index in [2.05, 4.69) is 16.4 Å². The lowest BCUT2D eigenvalue weighted by atomic mass is 9.86. The van der Waals surface area contributed by atoms with Gasteiger partial charge in [0.15, 0.2) is 17.4 Å². The van der Waals surface area contributed by atoms with Crippen LogP contribution >= 0.6 is 0 Å². The molecule has 1 unspecified atom stereocenters. The van der Waals surface area contributed by atoms with Gasteiger partial charge in [-0.2, -0.15) is 5.26 Å². The minimum atomic E-state index is -0.546. The smallest absolute Gasteiger partial charge is 0.223 e. The van der Waals surface area contributed by atoms with Crippen molar-refractivity contribution in [3.05, 3.63) is 40.7 Å². The number of oxazole rings is 1. The maximum Gasteiger partial charge on any atom is 0.223 e. The first-order chi connectivity index (χ1) is 13.1. The first kappa shape index (κ1) is 18.5. The monoisotopic (exact) mass is 370 g/mol. The Balaban J connectivity index is 2.24. The third kappa shape index (κ3) is 3.12. The van der Waals surface area contributed by atoms with Crippen molar-refractivity contribution in [3.8, 4) is 23.3 Å². The molecule has 1 aromatic heterocycles. The second-order valence-corrected chi connectivity index (χ2v) is 6.02. The molecule has 1 aliphatic heterocycles. The summed E-state index contributed by atoms with van der Waals surface area (Å²) >= 11 is 0. The molecule has 8 heteroatoms. The number of nitrogens with one attached hydrogen (secondary N) is 1. The molecule has 2 aromatic rings. The van der Waals surface area contributed by atoms with Gasteiger partial charge >= 0.3 is 0 Å². The van der Waals surface area contributed by atoms with Gasteiger partial charge in [-0.25, -0.2) is 4.98 Å². The molecular formula is C19H22N4O4. The quantitative estimate of drug-likeness (QED) is 0.797. The highest BCUT2D eigenvalue weighted by Crippen LogP contribution is 2.46. The Morgan fingerprint density at radius 3 is 2.44 bits per heavy atom. The zero-order valence-electron chi connectivity index (χ0n) is 15.8. The van der Waals surface area contributed by atoms with E-state index in [4.69, 9.17) is 24.4 Å². The van der Waals surface area contributed by atoms with Crippen LogP contribution in [-0.4, -0.2) is 26.3 Å². The average Bonchev–Trinajstić information content (AvgIpc) is 3.07. The molecule has 0 radical (unpaired) electrons. The minimum absolute atomic E-state index is 0.228. The molecule has 27 heavy (non-hydrogen) atoms. The van der Waals surface area contributed by atoms with Gasteiger partial charge in [-0.1, -0.05) is 6.92 Å². The topological polar surface area (TPSA) is 116 Å². The minimum Gasteiger partial charge on any atom is -0.496 e. The number of methoxy groups -OCH3 is 3. The fourth-order valence-electron chi connectivity index (χ4n) is 3.17. The number of hydrogen-bond donors (Lipinski definition) is 2. The fourth-order valence-corrected chi connectivity index (χ4v) is 3.17. The number of allylic oxidation sites excluding steroid dienone is 1. The van der Waals surface area contributed by atoms with Crippen LogP contribution in [0.25, 0.3) is 0 Å². The summed E-state index contributed by atoms with van der Waals surface area (Å²) in [6, 6.07) is 5.68. The zero-order chi connectivity index (χ0) is 19.6. The van der Waals surface area contributed by atoms with Gasteiger partial charge in [0.1, 0.15) is 17.3 Å². The lowest BCUT2D eigenvalue weighted by Gasteiger charge is -2.24. The van der Waals surface area contributed by atoms with Crippen molar-refractivity contribution in [2.24, 2.45) is 5.73 Å². The van der Waals surface area contributed by atoms with E-state index in [0.29, 0.717) is 52.3 Å². The van der Waals surface area contributed by atoms with Gasteiger partial charge < -0.3 is 29.7 Å². The molecule has 0 bridgehead atoms. The van der Waals surface area contributed by atoms with Crippen LogP contribution < -0.4 is 25.3 Å². The van der Waals surface area contributed by atoms with Crippen molar-refractivity contribution in [1.29, 1.82) is 5.26 Å². The van der Waals surface area contributed by atoms with Crippen LogP contribution in [-0.2, 0) is 6.42 Å². The third-order valence-corrected chi connectivity index (χ3v) is 4.43. The standard InChI is InChI=1S/C19H22N4O4/c1-5-6-15-22-17-16(11(9-20)18(21)23-19(17)27-15)10-7-13(25-3)14(26-4)8-12(10)24-2/h7-8,16,23H,5-6,21H2,1-4H3. The Morgan fingerprint density at radius 2 is 1.85 bits per heavy atom. The maximum absolute atomic E-state index is 9.74. The summed E-state index contributed by atoms with van der Waals surface area (Å²) in [6.07, 6.45) is 1.57. The SMILES string of the molecule is CCCc1nc2c(o1)NC(N)=C(C#N)C2c1cc(OC)c(OC)cc1OC. The molecule has 142 valence electrons. The number of benzene rings is 1. The number of ether oxygens (including phenoxy) is 3. The number of aryl methyl sites for hydroxylation is 1. The number of nitrogens with zero attached hydrogens (tertiary/aromatic N) is 2. The second kappa shape index (κ2) is 7.50. The summed E-state index contributed by atoms with van der Waals surface area (Å²) in [4.78, 5) is 4.61. The fraction of sp³-hybridized carbons (Fsp3) is 0.368. The van der Waals surface area contributed by atoms with Crippen molar-refractivity contribution in [2.75, 3.05) is 26.6 Å². The molecule has 1 aromatic carbocycles. The highest BCUT2D eigenvalue weighted by molar-refractivity contribution is 5.65. The molecular weight excluding hydrogens is 348 g/mol. The number of nitriles is 1. The molecule has 3 rings (SSSR count). The lowest BCUT2D eigenvalue weighted by Crippen LogP contribution is -2.23. The summed E-state index contributed by atoms with van der Waals surface area (Å²) in [5.74, 6) is 2.28. The molecule has 0 saturated heterocycles. The van der Waals surface area contributed by atoms with Crippen LogP contribution in [0.2, 0.25) is 0 Å². The molecule has 8 nitrogen and oxygen atoms in total. The first-order valence-corrected chi connectivity index (χ1v) is 8.54. The first-order valence-electron chi connectivity index (χ1n) is 8.54. The summed E-state index contributed by atoms with van der Waals surface area (Å²) < 4.78 is 22.1. The number of hydrogen-bond acceptors (Lipinski definition) is 8. The molecule has 0 fully saturated rings. The highest BCUT2D eigenvalue weighted by atomic mass is 16.5. The second-order valence-electron chi connectivity index (χ2n) is 6.02. The van der Waals surface area contributed by atoms with Crippen molar-refractivity contribution in [1.82, 2.24) is 4.98 Å². The van der Waals surface area contributed by atoms with E-state index < -0.39 is 5.92 Å². The van der Waals surface area contributed by atoms with Crippen LogP contribution in [0.5, 0.6) is 17.2 Å². The van der Waals surface area contributed by atoms with Crippen LogP contribution in [0.15, 0.2) is 27.9 Å². The van der Waals surface area contributed by atoms with E-state index >= 15 is 0 Å². The van der Waals surface area contributed by atoms with Crippen molar-refractivity contribution in [2.45, 2.75) is 25.7 Å². The molecule has 0 spiro atoms. The van der Waals surface area contributed by atoms with Crippen molar-refractivity contribution in [3.63, 3.8) is 0 Å². The summed E-state index contributed by atoms with van der Waals surface area (Å²) in [5.41, 5.74) is 7.71. The molecule has 2 heterocycles. The average molecular weight is 370 g/mol. The van der Waals surface area contributed by atoms with E-state index in [0.717, 1.165) is 6.42 Å². The predicted molar refractivity (Wildman–Crippen MR) is 98.9 cm³/mol. The largest absolute Gasteiger partial charge is 0.496 e. The maximum atomic E-state index is 9.74. The Labute approximate surface area is 157 Å². The Hall–Kier alpha value is -3.34. The van der Waals surface area contributed by atoms with Gasteiger partial charge in [-0.3, -0.25) is 0 Å². The van der Waals surface area contributed by atoms with Crippen LogP contribution in [0, 0.1) is 11.3 Å². The molecule has 1 atom stereocenters. The third-order valence-electron chi connectivity index (χ3n) is 4.43. The van der Waals surface area contributed by atoms with E-state index in [1.807, 2.05) is 6.92 Å². The number of nitrogens with two attached hydrogens (primary N) is 1. The number of anilines is 1. The molecule has 1 aliphatic rings. The van der Waals surface area contributed by atoms with Gasteiger partial charge in [0.05, 0.1) is 38.9 Å². The van der Waals surface area contributed by atoms with E-state index in [1.165, 1.54) is 0 Å².